The van der Waals surface area contributed by atoms with Crippen molar-refractivity contribution in [3.63, 3.8) is 0 Å². The van der Waals surface area contributed by atoms with E-state index in [1.807, 2.05) is 37.5 Å². The molecule has 1 aliphatic heterocycles. The van der Waals surface area contributed by atoms with Crippen molar-refractivity contribution in [2.24, 2.45) is 13.0 Å². The molecule has 5 nitrogen and oxygen atoms in total. The van der Waals surface area contributed by atoms with Crippen LogP contribution in [-0.2, 0) is 16.6 Å². The summed E-state index contributed by atoms with van der Waals surface area (Å²) in [5, 5.41) is 11.1. The molecule has 3 aromatic rings. The van der Waals surface area contributed by atoms with Gasteiger partial charge in [-0.15, -0.1) is 0 Å². The van der Waals surface area contributed by atoms with Gasteiger partial charge < -0.3 is 14.6 Å². The first-order valence-corrected chi connectivity index (χ1v) is 10.8. The molecule has 0 saturated carbocycles. The maximum absolute atomic E-state index is 12.7. The number of hydrogen-bond acceptors (Lipinski definition) is 2. The summed E-state index contributed by atoms with van der Waals surface area (Å²) in [6.07, 6.45) is 6.40. The minimum absolute atomic E-state index is 0.222. The Kier molecular flexibility index (Phi) is 6.08. The zero-order valence-electron chi connectivity index (χ0n) is 17.0. The van der Waals surface area contributed by atoms with Crippen molar-refractivity contribution in [2.75, 3.05) is 13.1 Å². The van der Waals surface area contributed by atoms with Gasteiger partial charge in [0.15, 0.2) is 0 Å². The molecular formula is C24H22Cl2N2O3. The highest BCUT2D eigenvalue weighted by Gasteiger charge is 2.27. The molecule has 1 unspecified atom stereocenters. The lowest BCUT2D eigenvalue weighted by Gasteiger charge is -2.29. The molecule has 4 rings (SSSR count). The van der Waals surface area contributed by atoms with Crippen molar-refractivity contribution < 1.29 is 14.7 Å². The monoisotopic (exact) mass is 456 g/mol. The number of fused-ring (bicyclic) bond motifs is 1. The molecule has 7 heteroatoms. The Morgan fingerprint density at radius 2 is 1.97 bits per heavy atom. The van der Waals surface area contributed by atoms with Gasteiger partial charge in [-0.2, -0.15) is 0 Å². The Hall–Kier alpha value is -2.76. The largest absolute Gasteiger partial charge is 0.481 e. The highest BCUT2D eigenvalue weighted by molar-refractivity contribution is 6.43. The molecule has 0 spiro atoms. The van der Waals surface area contributed by atoms with E-state index in [-0.39, 0.29) is 12.5 Å². The molecule has 2 heterocycles. The molecule has 31 heavy (non-hydrogen) atoms. The summed E-state index contributed by atoms with van der Waals surface area (Å²) in [6.45, 7) is 0.771. The number of benzene rings is 2. The number of nitrogens with zero attached hydrogens (tertiary/aromatic N) is 2. The van der Waals surface area contributed by atoms with Gasteiger partial charge in [-0.25, -0.2) is 0 Å². The molecule has 1 amide bonds. The lowest BCUT2D eigenvalue weighted by atomic mass is 9.97. The predicted octanol–water partition coefficient (Wildman–Crippen LogP) is 5.49. The summed E-state index contributed by atoms with van der Waals surface area (Å²) >= 11 is 12.8. The Bertz CT molecular complexity index is 1200. The maximum atomic E-state index is 12.7. The number of hydrogen-bond donors (Lipinski definition) is 1. The van der Waals surface area contributed by atoms with Gasteiger partial charge in [0.25, 0.3) is 0 Å². The van der Waals surface area contributed by atoms with Gasteiger partial charge in [-0.3, -0.25) is 9.59 Å². The average Bonchev–Trinajstić information content (AvgIpc) is 3.14. The number of carboxylic acids is 1. The molecule has 1 aromatic heterocycles. The van der Waals surface area contributed by atoms with Crippen LogP contribution in [-0.4, -0.2) is 39.5 Å². The SMILES string of the molecule is Cn1ccc2cc(-c3ccc(Cl)c(Cl)c3/C=C/C(=O)N3CCCC(C(=O)O)C3)ccc21. The number of carbonyl (C=O) groups is 2. The third-order valence-corrected chi connectivity index (χ3v) is 6.62. The third-order valence-electron chi connectivity index (χ3n) is 5.80. The van der Waals surface area contributed by atoms with Crippen LogP contribution in [0.5, 0.6) is 0 Å². The Morgan fingerprint density at radius 3 is 2.74 bits per heavy atom. The standard InChI is InChI=1S/C24H22Cl2N2O3/c1-27-12-10-16-13-15(4-8-21(16)27)18-5-7-20(25)23(26)19(18)6-9-22(29)28-11-2-3-17(14-28)24(30)31/h4-10,12-13,17H,2-3,11,14H2,1H3,(H,30,31)/b9-6+. The number of carbonyl (C=O) groups excluding carboxylic acids is 1. The smallest absolute Gasteiger partial charge is 0.308 e. The second-order valence-corrected chi connectivity index (χ2v) is 8.60. The van der Waals surface area contributed by atoms with Crippen LogP contribution in [0.15, 0.2) is 48.7 Å². The van der Waals surface area contributed by atoms with Crippen molar-refractivity contribution in [3.8, 4) is 11.1 Å². The zero-order chi connectivity index (χ0) is 22.1. The van der Waals surface area contributed by atoms with Crippen molar-refractivity contribution in [2.45, 2.75) is 12.8 Å². The number of aliphatic carboxylic acids is 1. The Morgan fingerprint density at radius 1 is 1.16 bits per heavy atom. The van der Waals surface area contributed by atoms with Crippen LogP contribution in [0.25, 0.3) is 28.1 Å². The van der Waals surface area contributed by atoms with Crippen LogP contribution < -0.4 is 0 Å². The van der Waals surface area contributed by atoms with E-state index in [9.17, 15) is 14.7 Å². The van der Waals surface area contributed by atoms with Crippen LogP contribution >= 0.6 is 23.2 Å². The summed E-state index contributed by atoms with van der Waals surface area (Å²) < 4.78 is 2.05. The zero-order valence-corrected chi connectivity index (χ0v) is 18.5. The van der Waals surface area contributed by atoms with Crippen LogP contribution in [0.1, 0.15) is 18.4 Å². The maximum Gasteiger partial charge on any atom is 0.308 e. The van der Waals surface area contributed by atoms with E-state index in [0.29, 0.717) is 35.0 Å². The summed E-state index contributed by atoms with van der Waals surface area (Å²) in [5.41, 5.74) is 3.61. The number of likely N-dealkylation sites (tertiary alicyclic amines) is 1. The molecular weight excluding hydrogens is 435 g/mol. The number of piperidine rings is 1. The van der Waals surface area contributed by atoms with E-state index in [0.717, 1.165) is 22.0 Å². The summed E-state index contributed by atoms with van der Waals surface area (Å²) in [7, 11) is 2.00. The molecule has 1 fully saturated rings. The molecule has 1 aliphatic rings. The van der Waals surface area contributed by atoms with Gasteiger partial charge in [0, 0.05) is 48.9 Å². The molecule has 1 saturated heterocycles. The van der Waals surface area contributed by atoms with E-state index in [1.165, 1.54) is 6.08 Å². The highest BCUT2D eigenvalue weighted by Crippen LogP contribution is 2.36. The second-order valence-electron chi connectivity index (χ2n) is 7.82. The second kappa shape index (κ2) is 8.77. The first kappa shape index (κ1) is 21.5. The van der Waals surface area contributed by atoms with Gasteiger partial charge in [0.2, 0.25) is 5.91 Å². The normalized spacial score (nSPS) is 16.9. The van der Waals surface area contributed by atoms with Crippen molar-refractivity contribution in [1.29, 1.82) is 0 Å². The Labute approximate surface area is 190 Å². The van der Waals surface area contributed by atoms with Gasteiger partial charge >= 0.3 is 5.97 Å². The fourth-order valence-electron chi connectivity index (χ4n) is 4.07. The van der Waals surface area contributed by atoms with Gasteiger partial charge in [-0.1, -0.05) is 35.3 Å². The van der Waals surface area contributed by atoms with E-state index >= 15 is 0 Å². The number of aromatic nitrogens is 1. The minimum Gasteiger partial charge on any atom is -0.481 e. The molecule has 2 aromatic carbocycles. The van der Waals surface area contributed by atoms with Crippen LogP contribution in [0.2, 0.25) is 10.0 Å². The Balaban J connectivity index is 1.66. The van der Waals surface area contributed by atoms with E-state index < -0.39 is 11.9 Å². The third kappa shape index (κ3) is 4.34. The fraction of sp³-hybridized carbons (Fsp3) is 0.250. The number of halogens is 2. The van der Waals surface area contributed by atoms with Crippen molar-refractivity contribution >= 4 is 52.1 Å². The van der Waals surface area contributed by atoms with Crippen LogP contribution in [0.3, 0.4) is 0 Å². The first-order valence-electron chi connectivity index (χ1n) is 10.1. The topological polar surface area (TPSA) is 62.5 Å². The molecule has 0 radical (unpaired) electrons. The van der Waals surface area contributed by atoms with E-state index in [2.05, 4.69) is 10.6 Å². The summed E-state index contributed by atoms with van der Waals surface area (Å²) in [6, 6.07) is 11.8. The van der Waals surface area contributed by atoms with Crippen molar-refractivity contribution in [1.82, 2.24) is 9.47 Å². The van der Waals surface area contributed by atoms with Crippen LogP contribution in [0, 0.1) is 5.92 Å². The predicted molar refractivity (Wildman–Crippen MR) is 124 cm³/mol. The quantitative estimate of drug-likeness (QED) is 0.527. The van der Waals surface area contributed by atoms with Crippen LogP contribution in [0.4, 0.5) is 0 Å². The van der Waals surface area contributed by atoms with E-state index in [1.54, 1.807) is 17.0 Å². The van der Waals surface area contributed by atoms with E-state index in [4.69, 9.17) is 23.2 Å². The van der Waals surface area contributed by atoms with Gasteiger partial charge in [0.1, 0.15) is 0 Å². The summed E-state index contributed by atoms with van der Waals surface area (Å²) in [5.74, 6) is -1.61. The molecule has 0 aliphatic carbocycles. The van der Waals surface area contributed by atoms with Gasteiger partial charge in [-0.05, 0) is 54.3 Å². The number of amides is 1. The highest BCUT2D eigenvalue weighted by atomic mass is 35.5. The molecule has 160 valence electrons. The number of rotatable bonds is 4. The molecule has 1 N–H and O–H groups in total. The fourth-order valence-corrected chi connectivity index (χ4v) is 4.46. The first-order chi connectivity index (χ1) is 14.8. The van der Waals surface area contributed by atoms with Crippen molar-refractivity contribution in [3.05, 3.63) is 64.3 Å². The lowest BCUT2D eigenvalue weighted by Crippen LogP contribution is -2.41. The average molecular weight is 457 g/mol. The lowest BCUT2D eigenvalue weighted by molar-refractivity contribution is -0.144. The summed E-state index contributed by atoms with van der Waals surface area (Å²) in [4.78, 5) is 25.6. The minimum atomic E-state index is -0.863. The molecule has 1 atom stereocenters. The number of carboxylic acid groups (broad SMARTS) is 1. The molecule has 0 bridgehead atoms. The van der Waals surface area contributed by atoms with Gasteiger partial charge in [0.05, 0.1) is 16.0 Å². The number of aryl methyl sites for hydroxylation is 1.